The lowest BCUT2D eigenvalue weighted by molar-refractivity contribution is -0.126. The highest BCUT2D eigenvalue weighted by Gasteiger charge is 2.34. The molecule has 6 nitrogen and oxygen atoms in total. The summed E-state index contributed by atoms with van der Waals surface area (Å²) in [7, 11) is 0. The van der Waals surface area contributed by atoms with E-state index in [9.17, 15) is 9.59 Å². The van der Waals surface area contributed by atoms with E-state index < -0.39 is 6.04 Å². The van der Waals surface area contributed by atoms with Gasteiger partial charge >= 0.3 is 0 Å². The van der Waals surface area contributed by atoms with Crippen molar-refractivity contribution in [1.82, 2.24) is 15.2 Å². The third-order valence-corrected chi connectivity index (χ3v) is 6.25. The van der Waals surface area contributed by atoms with Gasteiger partial charge in [-0.2, -0.15) is 0 Å². The lowest BCUT2D eigenvalue weighted by Crippen LogP contribution is -2.47. The van der Waals surface area contributed by atoms with Crippen molar-refractivity contribution in [2.45, 2.75) is 57.5 Å². The Morgan fingerprint density at radius 3 is 2.58 bits per heavy atom. The van der Waals surface area contributed by atoms with Crippen LogP contribution in [-0.4, -0.2) is 34.3 Å². The van der Waals surface area contributed by atoms with Crippen molar-refractivity contribution in [1.29, 1.82) is 0 Å². The van der Waals surface area contributed by atoms with Crippen molar-refractivity contribution in [2.75, 3.05) is 6.54 Å². The average Bonchev–Trinajstić information content (AvgIpc) is 3.37. The molecule has 1 saturated carbocycles. The van der Waals surface area contributed by atoms with Crippen molar-refractivity contribution in [2.24, 2.45) is 0 Å². The molecular formula is C27H31N3O3. The Morgan fingerprint density at radius 2 is 1.88 bits per heavy atom. The molecule has 3 aromatic rings. The van der Waals surface area contributed by atoms with Crippen molar-refractivity contribution < 1.29 is 14.0 Å². The number of aromatic nitrogens is 1. The minimum atomic E-state index is -0.766. The Labute approximate surface area is 195 Å². The molecule has 1 fully saturated rings. The van der Waals surface area contributed by atoms with E-state index in [1.54, 1.807) is 41.6 Å². The zero-order valence-electron chi connectivity index (χ0n) is 19.1. The number of aryl methyl sites for hydroxylation is 1. The van der Waals surface area contributed by atoms with Gasteiger partial charge in [0.05, 0.1) is 6.26 Å². The molecular weight excluding hydrogens is 414 g/mol. The molecule has 0 unspecified atom stereocenters. The number of pyridine rings is 1. The van der Waals surface area contributed by atoms with Crippen molar-refractivity contribution in [3.05, 3.63) is 89.6 Å². The highest BCUT2D eigenvalue weighted by Crippen LogP contribution is 2.26. The van der Waals surface area contributed by atoms with Crippen molar-refractivity contribution >= 4 is 11.8 Å². The fourth-order valence-corrected chi connectivity index (χ4v) is 4.55. The van der Waals surface area contributed by atoms with E-state index in [1.165, 1.54) is 12.7 Å². The van der Waals surface area contributed by atoms with E-state index >= 15 is 0 Å². The fourth-order valence-electron chi connectivity index (χ4n) is 4.55. The molecule has 0 aliphatic heterocycles. The normalized spacial score (nSPS) is 15.1. The van der Waals surface area contributed by atoms with E-state index in [-0.39, 0.29) is 23.6 Å². The number of benzene rings is 1. The molecule has 1 aliphatic carbocycles. The van der Waals surface area contributed by atoms with Crippen LogP contribution in [-0.2, 0) is 11.2 Å². The maximum absolute atomic E-state index is 13.6. The summed E-state index contributed by atoms with van der Waals surface area (Å²) in [4.78, 5) is 32.9. The number of nitrogens with zero attached hydrogens (tertiary/aromatic N) is 2. The molecule has 2 heterocycles. The smallest absolute Gasteiger partial charge is 0.290 e. The number of carbonyl (C=O) groups is 2. The topological polar surface area (TPSA) is 75.4 Å². The van der Waals surface area contributed by atoms with Gasteiger partial charge < -0.3 is 14.6 Å². The minimum Gasteiger partial charge on any atom is -0.459 e. The second-order valence-corrected chi connectivity index (χ2v) is 8.74. The van der Waals surface area contributed by atoms with Crippen LogP contribution in [0.15, 0.2) is 71.6 Å². The number of furan rings is 1. The summed E-state index contributed by atoms with van der Waals surface area (Å²) in [5, 5.41) is 3.22. The number of nitrogens with one attached hydrogen (secondary N) is 1. The Balaban J connectivity index is 1.65. The van der Waals surface area contributed by atoms with Crippen molar-refractivity contribution in [3.63, 3.8) is 0 Å². The monoisotopic (exact) mass is 445 g/mol. The summed E-state index contributed by atoms with van der Waals surface area (Å²) in [6, 6.07) is 14.5. The quantitative estimate of drug-likeness (QED) is 0.537. The Kier molecular flexibility index (Phi) is 7.55. The van der Waals surface area contributed by atoms with Crippen LogP contribution in [0.25, 0.3) is 0 Å². The Morgan fingerprint density at radius 1 is 1.09 bits per heavy atom. The van der Waals surface area contributed by atoms with Crippen LogP contribution < -0.4 is 5.32 Å². The first-order valence-electron chi connectivity index (χ1n) is 11.7. The first kappa shape index (κ1) is 22.8. The molecule has 0 spiro atoms. The highest BCUT2D eigenvalue weighted by atomic mass is 16.3. The van der Waals surface area contributed by atoms with Gasteiger partial charge in [0.15, 0.2) is 5.76 Å². The largest absolute Gasteiger partial charge is 0.459 e. The number of rotatable bonds is 8. The summed E-state index contributed by atoms with van der Waals surface area (Å²) in [5.41, 5.74) is 3.02. The third-order valence-electron chi connectivity index (χ3n) is 6.25. The van der Waals surface area contributed by atoms with Crippen LogP contribution in [0.5, 0.6) is 0 Å². The van der Waals surface area contributed by atoms with Gasteiger partial charge in [-0.25, -0.2) is 0 Å². The zero-order valence-corrected chi connectivity index (χ0v) is 19.1. The standard InChI is InChI=1S/C27H31N3O3/c1-20-7-5-8-21(19-20)14-17-30(27(32)24-11-6-18-33-24)25(22-12-15-28-16-13-22)26(31)29-23-9-3-2-4-10-23/h5-8,11-13,15-16,18-19,23,25H,2-4,9-10,14,17H2,1H3,(H,29,31)/t25-/m0/s1. The number of amides is 2. The molecule has 33 heavy (non-hydrogen) atoms. The van der Waals surface area contributed by atoms with E-state index in [4.69, 9.17) is 4.42 Å². The van der Waals surface area contributed by atoms with E-state index in [1.807, 2.05) is 25.1 Å². The lowest BCUT2D eigenvalue weighted by Gasteiger charge is -2.33. The minimum absolute atomic E-state index is 0.146. The Bertz CT molecular complexity index is 1040. The molecule has 1 N–H and O–H groups in total. The second-order valence-electron chi connectivity index (χ2n) is 8.74. The molecule has 172 valence electrons. The summed E-state index contributed by atoms with van der Waals surface area (Å²) < 4.78 is 5.43. The van der Waals surface area contributed by atoms with E-state index in [0.29, 0.717) is 13.0 Å². The molecule has 1 aromatic carbocycles. The van der Waals surface area contributed by atoms with Crippen LogP contribution in [0.4, 0.5) is 0 Å². The highest BCUT2D eigenvalue weighted by molar-refractivity contribution is 5.96. The molecule has 2 amide bonds. The molecule has 1 aliphatic rings. The van der Waals surface area contributed by atoms with Gasteiger partial charge in [0.1, 0.15) is 6.04 Å². The number of hydrogen-bond donors (Lipinski definition) is 1. The summed E-state index contributed by atoms with van der Waals surface area (Å²) in [6.45, 7) is 2.43. The van der Waals surface area contributed by atoms with Crippen LogP contribution in [0.2, 0.25) is 0 Å². The van der Waals surface area contributed by atoms with Crippen LogP contribution in [0.3, 0.4) is 0 Å². The first-order chi connectivity index (χ1) is 16.1. The predicted molar refractivity (Wildman–Crippen MR) is 127 cm³/mol. The van der Waals surface area contributed by atoms with Gasteiger partial charge in [-0.3, -0.25) is 14.6 Å². The van der Waals surface area contributed by atoms with Gasteiger partial charge in [0, 0.05) is 25.0 Å². The maximum Gasteiger partial charge on any atom is 0.290 e. The summed E-state index contributed by atoms with van der Waals surface area (Å²) in [5.74, 6) is -0.228. The summed E-state index contributed by atoms with van der Waals surface area (Å²) >= 11 is 0. The van der Waals surface area contributed by atoms with Gasteiger partial charge in [0.25, 0.3) is 5.91 Å². The SMILES string of the molecule is Cc1cccc(CCN(C(=O)c2ccco2)[C@H](C(=O)NC2CCCCC2)c2ccncc2)c1. The molecule has 0 radical (unpaired) electrons. The van der Waals surface area contributed by atoms with Gasteiger partial charge in [-0.1, -0.05) is 49.1 Å². The van der Waals surface area contributed by atoms with Crippen LogP contribution in [0, 0.1) is 6.92 Å². The van der Waals surface area contributed by atoms with Gasteiger partial charge in [0.2, 0.25) is 5.91 Å². The third kappa shape index (κ3) is 5.89. The predicted octanol–water partition coefficient (Wildman–Crippen LogP) is 4.86. The fraction of sp³-hybridized carbons (Fsp3) is 0.370. The summed E-state index contributed by atoms with van der Waals surface area (Å²) in [6.07, 6.45) is 10.8. The van der Waals surface area contributed by atoms with E-state index in [2.05, 4.69) is 16.4 Å². The zero-order chi connectivity index (χ0) is 23.0. The Hall–Kier alpha value is -3.41. The van der Waals surface area contributed by atoms with Crippen LogP contribution in [0.1, 0.15) is 65.4 Å². The molecule has 1 atom stereocenters. The molecule has 2 aromatic heterocycles. The first-order valence-corrected chi connectivity index (χ1v) is 11.7. The van der Waals surface area contributed by atoms with Gasteiger partial charge in [-0.15, -0.1) is 0 Å². The second kappa shape index (κ2) is 10.9. The number of carbonyl (C=O) groups excluding carboxylic acids is 2. The molecule has 0 saturated heterocycles. The van der Waals surface area contributed by atoms with Crippen LogP contribution >= 0.6 is 0 Å². The molecule has 4 rings (SSSR count). The van der Waals surface area contributed by atoms with E-state index in [0.717, 1.165) is 42.4 Å². The van der Waals surface area contributed by atoms with Crippen molar-refractivity contribution in [3.8, 4) is 0 Å². The lowest BCUT2D eigenvalue weighted by atomic mass is 9.94. The maximum atomic E-state index is 13.6. The van der Waals surface area contributed by atoms with Gasteiger partial charge in [-0.05, 0) is 61.6 Å². The average molecular weight is 446 g/mol. The molecule has 6 heteroatoms. The molecule has 0 bridgehead atoms. The number of hydrogen-bond acceptors (Lipinski definition) is 4.